The van der Waals surface area contributed by atoms with E-state index in [1.165, 1.54) is 0 Å². The maximum Gasteiger partial charge on any atom is 0.337 e. The lowest BCUT2D eigenvalue weighted by Gasteiger charge is -2.46. The first kappa shape index (κ1) is 40.2. The standard InChI is InChI=1S/C42H48O9SSi/c1-39(2,3)53(37-26-16-8-17-27-37,38-28-18-9-19-29-38)50-31-30-40(43,48-32-33-49-52(4,46)47)42(44,45)51-41(34-20-10-5-11-21-34,35-22-12-6-13-23-35)36-24-14-7-15-25-36/h5-29,43-45H,30-33H2,1-4H3. The maximum absolute atomic E-state index is 12.4. The van der Waals surface area contributed by atoms with Crippen molar-refractivity contribution in [3.05, 3.63) is 168 Å². The lowest BCUT2D eigenvalue weighted by Crippen LogP contribution is -2.67. The lowest BCUT2D eigenvalue weighted by atomic mass is 9.80. The normalized spacial score (nSPS) is 14.1. The minimum absolute atomic E-state index is 0.210. The third kappa shape index (κ3) is 8.87. The Balaban J connectivity index is 1.60. The van der Waals surface area contributed by atoms with Gasteiger partial charge in [0.15, 0.2) is 0 Å². The predicted molar refractivity (Wildman–Crippen MR) is 207 cm³/mol. The van der Waals surface area contributed by atoms with E-state index in [9.17, 15) is 23.7 Å². The summed E-state index contributed by atoms with van der Waals surface area (Å²) in [6.45, 7) is 5.05. The molecule has 1 unspecified atom stereocenters. The Bertz CT molecular complexity index is 1840. The van der Waals surface area contributed by atoms with Gasteiger partial charge < -0.3 is 29.2 Å². The third-order valence-electron chi connectivity index (χ3n) is 9.24. The summed E-state index contributed by atoms with van der Waals surface area (Å²) in [7, 11) is -7.02. The van der Waals surface area contributed by atoms with Crippen molar-refractivity contribution in [2.75, 3.05) is 26.1 Å². The highest BCUT2D eigenvalue weighted by Gasteiger charge is 2.58. The van der Waals surface area contributed by atoms with Gasteiger partial charge in [0, 0.05) is 13.0 Å². The van der Waals surface area contributed by atoms with E-state index in [4.69, 9.17) is 18.1 Å². The zero-order chi connectivity index (χ0) is 38.2. The third-order valence-corrected chi connectivity index (χ3v) is 14.9. The fourth-order valence-corrected chi connectivity index (χ4v) is 11.8. The van der Waals surface area contributed by atoms with Crippen molar-refractivity contribution in [2.24, 2.45) is 0 Å². The highest BCUT2D eigenvalue weighted by Crippen LogP contribution is 2.45. The SMILES string of the molecule is CC(C)(C)[Si](OCCC(O)(OCCOS(C)(=O)=O)C(O)(O)OC(c1ccccc1)(c1ccccc1)c1ccccc1)(c1ccccc1)c1ccccc1. The van der Waals surface area contributed by atoms with E-state index in [0.29, 0.717) is 16.7 Å². The van der Waals surface area contributed by atoms with Gasteiger partial charge in [-0.15, -0.1) is 0 Å². The summed E-state index contributed by atoms with van der Waals surface area (Å²) in [6.07, 6.45) is 0.383. The van der Waals surface area contributed by atoms with E-state index in [0.717, 1.165) is 16.6 Å². The van der Waals surface area contributed by atoms with Crippen LogP contribution in [-0.4, -0.2) is 69.9 Å². The van der Waals surface area contributed by atoms with Crippen LogP contribution in [0.3, 0.4) is 0 Å². The molecule has 9 nitrogen and oxygen atoms in total. The summed E-state index contributed by atoms with van der Waals surface area (Å²) in [5.41, 5.74) is -0.0733. The molecule has 53 heavy (non-hydrogen) atoms. The average Bonchev–Trinajstić information content (AvgIpc) is 3.15. The molecule has 5 aromatic carbocycles. The first-order chi connectivity index (χ1) is 25.1. The molecule has 5 aromatic rings. The van der Waals surface area contributed by atoms with E-state index in [1.807, 2.05) is 78.9 Å². The van der Waals surface area contributed by atoms with Gasteiger partial charge in [-0.2, -0.15) is 8.42 Å². The van der Waals surface area contributed by atoms with Crippen molar-refractivity contribution < 1.29 is 41.8 Å². The Labute approximate surface area is 313 Å². The first-order valence-electron chi connectivity index (χ1n) is 17.4. The Hall–Kier alpha value is -4.01. The molecule has 0 bridgehead atoms. The van der Waals surface area contributed by atoms with Crippen LogP contribution >= 0.6 is 0 Å². The number of rotatable bonds is 17. The van der Waals surface area contributed by atoms with E-state index >= 15 is 0 Å². The number of aliphatic hydroxyl groups is 3. The van der Waals surface area contributed by atoms with Gasteiger partial charge in [-0.3, -0.25) is 4.18 Å². The molecule has 1 atom stereocenters. The van der Waals surface area contributed by atoms with Crippen LogP contribution in [0.1, 0.15) is 43.9 Å². The second-order valence-electron chi connectivity index (χ2n) is 13.9. The van der Waals surface area contributed by atoms with E-state index in [2.05, 4.69) is 20.8 Å². The molecule has 3 N–H and O–H groups in total. The van der Waals surface area contributed by atoms with Crippen molar-refractivity contribution in [3.63, 3.8) is 0 Å². The van der Waals surface area contributed by atoms with Crippen LogP contribution in [0, 0.1) is 0 Å². The van der Waals surface area contributed by atoms with E-state index < -0.39 is 60.5 Å². The minimum atomic E-state index is -3.87. The second kappa shape index (κ2) is 16.6. The maximum atomic E-state index is 12.4. The van der Waals surface area contributed by atoms with Crippen LogP contribution in [0.5, 0.6) is 0 Å². The lowest BCUT2D eigenvalue weighted by molar-refractivity contribution is -0.485. The van der Waals surface area contributed by atoms with Crippen molar-refractivity contribution in [3.8, 4) is 0 Å². The summed E-state index contributed by atoms with van der Waals surface area (Å²) in [6, 6.07) is 46.8. The van der Waals surface area contributed by atoms with Crippen LogP contribution in [0.4, 0.5) is 0 Å². The molecule has 0 aliphatic rings. The summed E-state index contributed by atoms with van der Waals surface area (Å²) < 4.78 is 47.8. The van der Waals surface area contributed by atoms with Gasteiger partial charge in [0.05, 0.1) is 19.5 Å². The summed E-state index contributed by atoms with van der Waals surface area (Å²) in [5.74, 6) is -6.32. The average molecular weight is 757 g/mol. The van der Waals surface area contributed by atoms with Crippen LogP contribution < -0.4 is 10.4 Å². The van der Waals surface area contributed by atoms with Gasteiger partial charge in [-0.1, -0.05) is 172 Å². The molecule has 0 spiro atoms. The van der Waals surface area contributed by atoms with Gasteiger partial charge in [0.2, 0.25) is 0 Å². The highest BCUT2D eigenvalue weighted by molar-refractivity contribution is 7.85. The van der Waals surface area contributed by atoms with Crippen LogP contribution in [0.2, 0.25) is 5.04 Å². The molecular formula is C42H48O9SSi. The molecule has 0 saturated carbocycles. The molecule has 0 aliphatic carbocycles. The Kier molecular flexibility index (Phi) is 12.6. The number of ether oxygens (including phenoxy) is 2. The van der Waals surface area contributed by atoms with Crippen molar-refractivity contribution in [1.29, 1.82) is 0 Å². The van der Waals surface area contributed by atoms with Crippen LogP contribution in [-0.2, 0) is 33.8 Å². The summed E-state index contributed by atoms with van der Waals surface area (Å²) >= 11 is 0. The molecule has 0 fully saturated rings. The molecule has 0 heterocycles. The van der Waals surface area contributed by atoms with Crippen molar-refractivity contribution >= 4 is 28.8 Å². The quantitative estimate of drug-likeness (QED) is 0.0382. The Morgan fingerprint density at radius 2 is 0.943 bits per heavy atom. The van der Waals surface area contributed by atoms with E-state index in [-0.39, 0.29) is 6.61 Å². The predicted octanol–water partition coefficient (Wildman–Crippen LogP) is 5.28. The summed E-state index contributed by atoms with van der Waals surface area (Å²) in [4.78, 5) is 0. The van der Waals surface area contributed by atoms with Gasteiger partial charge in [-0.05, 0) is 32.1 Å². The zero-order valence-electron chi connectivity index (χ0n) is 30.5. The highest BCUT2D eigenvalue weighted by atomic mass is 32.2. The van der Waals surface area contributed by atoms with Crippen molar-refractivity contribution in [2.45, 2.75) is 49.6 Å². The van der Waals surface area contributed by atoms with Crippen LogP contribution in [0.15, 0.2) is 152 Å². The van der Waals surface area contributed by atoms with Gasteiger partial charge in [0.25, 0.3) is 24.2 Å². The summed E-state index contributed by atoms with van der Waals surface area (Å²) in [5, 5.41) is 38.3. The molecule has 11 heteroatoms. The number of hydrogen-bond donors (Lipinski definition) is 3. The van der Waals surface area contributed by atoms with Gasteiger partial charge >= 0.3 is 5.97 Å². The van der Waals surface area contributed by atoms with Gasteiger partial charge in [-0.25, -0.2) is 0 Å². The molecule has 0 radical (unpaired) electrons. The largest absolute Gasteiger partial charge is 0.407 e. The molecule has 0 aliphatic heterocycles. The zero-order valence-corrected chi connectivity index (χ0v) is 32.3. The molecule has 280 valence electrons. The fourth-order valence-electron chi connectivity index (χ4n) is 6.82. The number of hydrogen-bond acceptors (Lipinski definition) is 9. The van der Waals surface area contributed by atoms with Crippen LogP contribution in [0.25, 0.3) is 0 Å². The second-order valence-corrected chi connectivity index (χ2v) is 19.9. The van der Waals surface area contributed by atoms with E-state index in [1.54, 1.807) is 72.8 Å². The topological polar surface area (TPSA) is 132 Å². The van der Waals surface area contributed by atoms with Crippen molar-refractivity contribution in [1.82, 2.24) is 0 Å². The molecular weight excluding hydrogens is 709 g/mol. The Morgan fingerprint density at radius 1 is 0.566 bits per heavy atom. The number of benzene rings is 5. The first-order valence-corrected chi connectivity index (χ1v) is 21.1. The molecule has 0 aromatic heterocycles. The molecule has 0 amide bonds. The fraction of sp³-hybridized carbons (Fsp3) is 0.286. The minimum Gasteiger partial charge on any atom is -0.407 e. The monoisotopic (exact) mass is 756 g/mol. The smallest absolute Gasteiger partial charge is 0.337 e. The molecule has 5 rings (SSSR count). The van der Waals surface area contributed by atoms with Gasteiger partial charge in [0.1, 0.15) is 5.60 Å². The molecule has 0 saturated heterocycles. The Morgan fingerprint density at radius 3 is 1.30 bits per heavy atom.